The van der Waals surface area contributed by atoms with Gasteiger partial charge in [-0.25, -0.2) is 0 Å². The Labute approximate surface area is 162 Å². The third-order valence-corrected chi connectivity index (χ3v) is 5.51. The first-order valence-corrected chi connectivity index (χ1v) is 9.36. The van der Waals surface area contributed by atoms with Gasteiger partial charge in [0.2, 0.25) is 5.43 Å². The van der Waals surface area contributed by atoms with Gasteiger partial charge < -0.3 is 18.6 Å². The first-order valence-electron chi connectivity index (χ1n) is 9.36. The molecule has 2 aromatic carbocycles. The number of hydrogen-bond donors (Lipinski definition) is 0. The molecule has 0 N–H and O–H groups in total. The Morgan fingerprint density at radius 1 is 1.07 bits per heavy atom. The molecule has 0 bridgehead atoms. The van der Waals surface area contributed by atoms with Gasteiger partial charge in [0.1, 0.15) is 24.3 Å². The van der Waals surface area contributed by atoms with Gasteiger partial charge in [0, 0.05) is 12.6 Å². The third kappa shape index (κ3) is 2.72. The van der Waals surface area contributed by atoms with E-state index in [4.69, 9.17) is 18.6 Å². The summed E-state index contributed by atoms with van der Waals surface area (Å²) in [6.07, 6.45) is 3.94. The summed E-state index contributed by atoms with van der Waals surface area (Å²) in [7, 11) is 3.15. The van der Waals surface area contributed by atoms with Crippen molar-refractivity contribution in [2.75, 3.05) is 21.0 Å². The Morgan fingerprint density at radius 2 is 1.89 bits per heavy atom. The first kappa shape index (κ1) is 17.1. The van der Waals surface area contributed by atoms with Crippen molar-refractivity contribution in [3.05, 3.63) is 52.4 Å². The van der Waals surface area contributed by atoms with Gasteiger partial charge in [0.05, 0.1) is 30.7 Å². The molecule has 0 unspecified atom stereocenters. The molecule has 1 fully saturated rings. The highest BCUT2D eigenvalue weighted by molar-refractivity contribution is 5.86. The van der Waals surface area contributed by atoms with E-state index in [1.165, 1.54) is 19.1 Å². The largest absolute Gasteiger partial charge is 0.493 e. The molecule has 0 amide bonds. The quantitative estimate of drug-likeness (QED) is 0.687. The molecule has 2 aliphatic rings. The molecule has 0 saturated heterocycles. The van der Waals surface area contributed by atoms with Crippen molar-refractivity contribution in [3.63, 3.8) is 0 Å². The number of hydrogen-bond acceptors (Lipinski definition) is 6. The zero-order valence-corrected chi connectivity index (χ0v) is 15.9. The summed E-state index contributed by atoms with van der Waals surface area (Å²) >= 11 is 0. The van der Waals surface area contributed by atoms with Crippen LogP contribution in [0.4, 0.5) is 0 Å². The Kier molecular flexibility index (Phi) is 4.02. The molecule has 1 saturated carbocycles. The SMILES string of the molecule is COc1ccc(-c2coc3c4c(ccc3c2=O)OCN(C2CC2)C4)cc1OC. The molecule has 144 valence electrons. The molecule has 6 heteroatoms. The van der Waals surface area contributed by atoms with Crippen LogP contribution in [0.15, 0.2) is 45.8 Å². The molecule has 1 aliphatic heterocycles. The highest BCUT2D eigenvalue weighted by Crippen LogP contribution is 2.37. The fraction of sp³-hybridized carbons (Fsp3) is 0.318. The lowest BCUT2D eigenvalue weighted by molar-refractivity contribution is 0.0885. The maximum atomic E-state index is 13.2. The van der Waals surface area contributed by atoms with E-state index in [-0.39, 0.29) is 5.43 Å². The number of methoxy groups -OCH3 is 2. The van der Waals surface area contributed by atoms with Gasteiger partial charge in [-0.2, -0.15) is 0 Å². The molecule has 6 nitrogen and oxygen atoms in total. The number of benzene rings is 2. The van der Waals surface area contributed by atoms with Crippen LogP contribution in [0.2, 0.25) is 0 Å². The van der Waals surface area contributed by atoms with Crippen molar-refractivity contribution in [2.24, 2.45) is 0 Å². The van der Waals surface area contributed by atoms with Crippen molar-refractivity contribution in [2.45, 2.75) is 25.4 Å². The summed E-state index contributed by atoms with van der Waals surface area (Å²) in [4.78, 5) is 15.5. The van der Waals surface area contributed by atoms with Crippen LogP contribution in [-0.4, -0.2) is 31.9 Å². The fourth-order valence-electron chi connectivity index (χ4n) is 3.80. The second-order valence-electron chi connectivity index (χ2n) is 7.22. The van der Waals surface area contributed by atoms with Crippen molar-refractivity contribution >= 4 is 11.0 Å². The zero-order chi connectivity index (χ0) is 19.3. The van der Waals surface area contributed by atoms with E-state index in [1.807, 2.05) is 12.1 Å². The van der Waals surface area contributed by atoms with E-state index < -0.39 is 0 Å². The molecule has 0 atom stereocenters. The zero-order valence-electron chi connectivity index (χ0n) is 15.9. The summed E-state index contributed by atoms with van der Waals surface area (Å²) in [6.45, 7) is 1.34. The van der Waals surface area contributed by atoms with Crippen molar-refractivity contribution in [3.8, 4) is 28.4 Å². The molecular formula is C22H21NO5. The van der Waals surface area contributed by atoms with Crippen LogP contribution >= 0.6 is 0 Å². The van der Waals surface area contributed by atoms with Crippen LogP contribution in [0.25, 0.3) is 22.1 Å². The normalized spacial score (nSPS) is 16.5. The maximum Gasteiger partial charge on any atom is 0.200 e. The van der Waals surface area contributed by atoms with Crippen LogP contribution in [0.3, 0.4) is 0 Å². The average Bonchev–Trinajstić information content (AvgIpc) is 3.58. The van der Waals surface area contributed by atoms with Crippen LogP contribution < -0.4 is 19.6 Å². The van der Waals surface area contributed by atoms with E-state index >= 15 is 0 Å². The number of nitrogens with zero attached hydrogens (tertiary/aromatic N) is 1. The van der Waals surface area contributed by atoms with E-state index in [2.05, 4.69) is 4.90 Å². The lowest BCUT2D eigenvalue weighted by Crippen LogP contribution is -2.33. The number of ether oxygens (including phenoxy) is 3. The summed E-state index contributed by atoms with van der Waals surface area (Å²) < 4.78 is 22.5. The van der Waals surface area contributed by atoms with Gasteiger partial charge in [0.15, 0.2) is 11.5 Å². The number of rotatable bonds is 4. The minimum absolute atomic E-state index is 0.0696. The predicted molar refractivity (Wildman–Crippen MR) is 105 cm³/mol. The standard InChI is InChI=1S/C22H21NO5/c1-25-19-7-3-13(9-20(19)26-2)17-11-27-22-15(21(17)24)6-8-18-16(22)10-23(12-28-18)14-4-5-14/h3,6-9,11,14H,4-5,10,12H2,1-2H3. The third-order valence-electron chi connectivity index (χ3n) is 5.51. The molecule has 28 heavy (non-hydrogen) atoms. The Balaban J connectivity index is 1.61. The lowest BCUT2D eigenvalue weighted by atomic mass is 10.0. The van der Waals surface area contributed by atoms with Gasteiger partial charge in [-0.15, -0.1) is 0 Å². The Morgan fingerprint density at radius 3 is 2.64 bits per heavy atom. The van der Waals surface area contributed by atoms with Crippen LogP contribution in [0, 0.1) is 0 Å². The van der Waals surface area contributed by atoms with Gasteiger partial charge in [-0.1, -0.05) is 6.07 Å². The smallest absolute Gasteiger partial charge is 0.200 e. The molecule has 2 heterocycles. The molecule has 0 radical (unpaired) electrons. The highest BCUT2D eigenvalue weighted by atomic mass is 16.5. The van der Waals surface area contributed by atoms with E-state index in [0.717, 1.165) is 23.4 Å². The van der Waals surface area contributed by atoms with Gasteiger partial charge in [-0.3, -0.25) is 9.69 Å². The van der Waals surface area contributed by atoms with Crippen molar-refractivity contribution < 1.29 is 18.6 Å². The molecule has 1 aliphatic carbocycles. The lowest BCUT2D eigenvalue weighted by Gasteiger charge is -2.29. The van der Waals surface area contributed by atoms with E-state index in [9.17, 15) is 4.79 Å². The average molecular weight is 379 g/mol. The molecule has 3 aromatic rings. The van der Waals surface area contributed by atoms with Gasteiger partial charge >= 0.3 is 0 Å². The van der Waals surface area contributed by atoms with E-state index in [0.29, 0.717) is 40.8 Å². The van der Waals surface area contributed by atoms with Gasteiger partial charge in [-0.05, 0) is 42.7 Å². The Hall–Kier alpha value is -2.99. The van der Waals surface area contributed by atoms with Crippen molar-refractivity contribution in [1.82, 2.24) is 4.90 Å². The second kappa shape index (κ2) is 6.56. The summed E-state index contributed by atoms with van der Waals surface area (Å²) in [5.41, 5.74) is 2.70. The van der Waals surface area contributed by atoms with Crippen LogP contribution in [-0.2, 0) is 6.54 Å². The minimum Gasteiger partial charge on any atom is -0.493 e. The monoisotopic (exact) mass is 379 g/mol. The first-order chi connectivity index (χ1) is 13.7. The number of fused-ring (bicyclic) bond motifs is 3. The van der Waals surface area contributed by atoms with Gasteiger partial charge in [0.25, 0.3) is 0 Å². The van der Waals surface area contributed by atoms with E-state index in [1.54, 1.807) is 32.4 Å². The van der Waals surface area contributed by atoms with Crippen LogP contribution in [0.5, 0.6) is 17.2 Å². The van der Waals surface area contributed by atoms with Crippen molar-refractivity contribution in [1.29, 1.82) is 0 Å². The molecule has 0 spiro atoms. The summed E-state index contributed by atoms with van der Waals surface area (Å²) in [6, 6.07) is 9.64. The summed E-state index contributed by atoms with van der Waals surface area (Å²) in [5.74, 6) is 1.98. The molecule has 5 rings (SSSR count). The fourth-order valence-corrected chi connectivity index (χ4v) is 3.80. The molecular weight excluding hydrogens is 358 g/mol. The minimum atomic E-state index is -0.0696. The summed E-state index contributed by atoms with van der Waals surface area (Å²) in [5, 5.41) is 0.562. The predicted octanol–water partition coefficient (Wildman–Crippen LogP) is 3.79. The Bertz CT molecular complexity index is 1120. The van der Waals surface area contributed by atoms with Crippen LogP contribution in [0.1, 0.15) is 18.4 Å². The topological polar surface area (TPSA) is 61.1 Å². The second-order valence-corrected chi connectivity index (χ2v) is 7.22. The highest BCUT2D eigenvalue weighted by Gasteiger charge is 2.33. The maximum absolute atomic E-state index is 13.2. The molecule has 1 aromatic heterocycles.